The van der Waals surface area contributed by atoms with Gasteiger partial charge in [-0.2, -0.15) is 0 Å². The van der Waals surface area contributed by atoms with Gasteiger partial charge in [-0.05, 0) is 19.4 Å². The van der Waals surface area contributed by atoms with Crippen LogP contribution in [0.5, 0.6) is 5.88 Å². The van der Waals surface area contributed by atoms with Crippen LogP contribution in [0.2, 0.25) is 0 Å². The molecule has 0 bridgehead atoms. The quantitative estimate of drug-likeness (QED) is 0.684. The average Bonchev–Trinajstić information content (AvgIpc) is 2.06. The standard InChI is InChI=1S/C10H15NO/c1-3-6-9(2)12-10-7-4-5-8-11-10/h4-5,7-9H,3,6H2,1-2H3/t9-/m1/s1. The van der Waals surface area contributed by atoms with Gasteiger partial charge in [0.05, 0.1) is 6.10 Å². The van der Waals surface area contributed by atoms with Crippen LogP contribution in [-0.4, -0.2) is 11.1 Å². The molecule has 1 rings (SSSR count). The topological polar surface area (TPSA) is 22.1 Å². The third-order valence-electron chi connectivity index (χ3n) is 1.65. The Morgan fingerprint density at radius 1 is 1.50 bits per heavy atom. The second kappa shape index (κ2) is 4.75. The van der Waals surface area contributed by atoms with E-state index in [0.29, 0.717) is 0 Å². The molecule has 0 N–H and O–H groups in total. The van der Waals surface area contributed by atoms with E-state index in [2.05, 4.69) is 18.8 Å². The minimum Gasteiger partial charge on any atom is -0.475 e. The van der Waals surface area contributed by atoms with Crippen LogP contribution in [-0.2, 0) is 0 Å². The van der Waals surface area contributed by atoms with Crippen LogP contribution in [0.15, 0.2) is 24.4 Å². The summed E-state index contributed by atoms with van der Waals surface area (Å²) in [4.78, 5) is 4.08. The maximum atomic E-state index is 5.54. The Labute approximate surface area is 73.6 Å². The lowest BCUT2D eigenvalue weighted by molar-refractivity contribution is 0.201. The second-order valence-electron chi connectivity index (χ2n) is 2.89. The predicted molar refractivity (Wildman–Crippen MR) is 49.2 cm³/mol. The van der Waals surface area contributed by atoms with Crippen molar-refractivity contribution < 1.29 is 4.74 Å². The molecule has 0 fully saturated rings. The van der Waals surface area contributed by atoms with Gasteiger partial charge in [0.25, 0.3) is 0 Å². The van der Waals surface area contributed by atoms with Crippen molar-refractivity contribution in [1.29, 1.82) is 0 Å². The maximum Gasteiger partial charge on any atom is 0.213 e. The van der Waals surface area contributed by atoms with E-state index >= 15 is 0 Å². The summed E-state index contributed by atoms with van der Waals surface area (Å²) in [6.45, 7) is 4.22. The monoisotopic (exact) mass is 165 g/mol. The summed E-state index contributed by atoms with van der Waals surface area (Å²) in [5.41, 5.74) is 0. The zero-order chi connectivity index (χ0) is 8.81. The van der Waals surface area contributed by atoms with Crippen molar-refractivity contribution in [3.05, 3.63) is 24.4 Å². The molecule has 0 spiro atoms. The molecule has 2 nitrogen and oxygen atoms in total. The fourth-order valence-electron chi connectivity index (χ4n) is 1.09. The summed E-state index contributed by atoms with van der Waals surface area (Å²) in [5, 5.41) is 0. The molecule has 66 valence electrons. The fraction of sp³-hybridized carbons (Fsp3) is 0.500. The molecular formula is C10H15NO. The van der Waals surface area contributed by atoms with Crippen molar-refractivity contribution in [1.82, 2.24) is 4.98 Å². The highest BCUT2D eigenvalue weighted by Crippen LogP contribution is 2.08. The van der Waals surface area contributed by atoms with E-state index in [1.807, 2.05) is 18.2 Å². The molecule has 0 aromatic carbocycles. The molecule has 1 aromatic rings. The van der Waals surface area contributed by atoms with Crippen molar-refractivity contribution >= 4 is 0 Å². The normalized spacial score (nSPS) is 12.5. The molecule has 0 unspecified atom stereocenters. The summed E-state index contributed by atoms with van der Waals surface area (Å²) >= 11 is 0. The lowest BCUT2D eigenvalue weighted by atomic mass is 10.2. The van der Waals surface area contributed by atoms with E-state index in [9.17, 15) is 0 Å². The third kappa shape index (κ3) is 2.91. The Hall–Kier alpha value is -1.05. The molecule has 0 saturated carbocycles. The zero-order valence-electron chi connectivity index (χ0n) is 7.66. The smallest absolute Gasteiger partial charge is 0.213 e. The van der Waals surface area contributed by atoms with Crippen molar-refractivity contribution in [3.8, 4) is 5.88 Å². The highest BCUT2D eigenvalue weighted by atomic mass is 16.5. The molecular weight excluding hydrogens is 150 g/mol. The molecule has 1 aromatic heterocycles. The first kappa shape index (κ1) is 9.04. The van der Waals surface area contributed by atoms with Crippen LogP contribution in [0.1, 0.15) is 26.7 Å². The first-order valence-electron chi connectivity index (χ1n) is 4.40. The minimum absolute atomic E-state index is 0.268. The van der Waals surface area contributed by atoms with Crippen molar-refractivity contribution in [2.45, 2.75) is 32.8 Å². The molecule has 0 amide bonds. The molecule has 0 aliphatic rings. The van der Waals surface area contributed by atoms with Crippen LogP contribution in [0.3, 0.4) is 0 Å². The molecule has 2 heteroatoms. The van der Waals surface area contributed by atoms with Gasteiger partial charge in [-0.25, -0.2) is 4.98 Å². The van der Waals surface area contributed by atoms with Gasteiger partial charge in [0, 0.05) is 12.3 Å². The van der Waals surface area contributed by atoms with Crippen molar-refractivity contribution in [2.24, 2.45) is 0 Å². The largest absolute Gasteiger partial charge is 0.475 e. The van der Waals surface area contributed by atoms with E-state index in [0.717, 1.165) is 18.7 Å². The number of rotatable bonds is 4. The molecule has 12 heavy (non-hydrogen) atoms. The van der Waals surface area contributed by atoms with Gasteiger partial charge in [-0.3, -0.25) is 0 Å². The SMILES string of the molecule is CCC[C@@H](C)Oc1ccccn1. The lowest BCUT2D eigenvalue weighted by Gasteiger charge is -2.11. The van der Waals surface area contributed by atoms with E-state index in [4.69, 9.17) is 4.74 Å². The number of ether oxygens (including phenoxy) is 1. The van der Waals surface area contributed by atoms with Gasteiger partial charge in [0.1, 0.15) is 0 Å². The Kier molecular flexibility index (Phi) is 3.58. The fourth-order valence-corrected chi connectivity index (χ4v) is 1.09. The van der Waals surface area contributed by atoms with Crippen LogP contribution in [0.25, 0.3) is 0 Å². The molecule has 0 saturated heterocycles. The predicted octanol–water partition coefficient (Wildman–Crippen LogP) is 2.65. The third-order valence-corrected chi connectivity index (χ3v) is 1.65. The maximum absolute atomic E-state index is 5.54. The molecule has 0 aliphatic heterocycles. The highest BCUT2D eigenvalue weighted by molar-refractivity contribution is 5.09. The number of aromatic nitrogens is 1. The number of nitrogens with zero attached hydrogens (tertiary/aromatic N) is 1. The van der Waals surface area contributed by atoms with Gasteiger partial charge in [-0.15, -0.1) is 0 Å². The Morgan fingerprint density at radius 2 is 2.33 bits per heavy atom. The molecule has 1 atom stereocenters. The van der Waals surface area contributed by atoms with Gasteiger partial charge in [0.15, 0.2) is 0 Å². The van der Waals surface area contributed by atoms with E-state index < -0.39 is 0 Å². The Balaban J connectivity index is 2.41. The van der Waals surface area contributed by atoms with Crippen LogP contribution >= 0.6 is 0 Å². The van der Waals surface area contributed by atoms with Gasteiger partial charge in [-0.1, -0.05) is 19.4 Å². The molecule has 1 heterocycles. The molecule has 0 radical (unpaired) electrons. The second-order valence-corrected chi connectivity index (χ2v) is 2.89. The summed E-state index contributed by atoms with van der Waals surface area (Å²) < 4.78 is 5.54. The summed E-state index contributed by atoms with van der Waals surface area (Å²) in [6.07, 6.45) is 4.24. The van der Waals surface area contributed by atoms with Crippen LogP contribution in [0, 0.1) is 0 Å². The number of hydrogen-bond acceptors (Lipinski definition) is 2. The number of hydrogen-bond donors (Lipinski definition) is 0. The lowest BCUT2D eigenvalue weighted by Crippen LogP contribution is -2.11. The summed E-state index contributed by atoms with van der Waals surface area (Å²) in [6, 6.07) is 5.70. The van der Waals surface area contributed by atoms with Gasteiger partial charge >= 0.3 is 0 Å². The van der Waals surface area contributed by atoms with E-state index in [-0.39, 0.29) is 6.10 Å². The first-order chi connectivity index (χ1) is 5.83. The van der Waals surface area contributed by atoms with E-state index in [1.54, 1.807) is 6.20 Å². The Bertz CT molecular complexity index is 210. The number of pyridine rings is 1. The highest BCUT2D eigenvalue weighted by Gasteiger charge is 2.01. The van der Waals surface area contributed by atoms with Crippen LogP contribution in [0.4, 0.5) is 0 Å². The zero-order valence-corrected chi connectivity index (χ0v) is 7.66. The van der Waals surface area contributed by atoms with Gasteiger partial charge < -0.3 is 4.74 Å². The van der Waals surface area contributed by atoms with Gasteiger partial charge in [0.2, 0.25) is 5.88 Å². The van der Waals surface area contributed by atoms with Crippen LogP contribution < -0.4 is 4.74 Å². The van der Waals surface area contributed by atoms with Crippen molar-refractivity contribution in [3.63, 3.8) is 0 Å². The van der Waals surface area contributed by atoms with E-state index in [1.165, 1.54) is 0 Å². The van der Waals surface area contributed by atoms with Crippen molar-refractivity contribution in [2.75, 3.05) is 0 Å². The average molecular weight is 165 g/mol. The molecule has 0 aliphatic carbocycles. The Morgan fingerprint density at radius 3 is 2.92 bits per heavy atom. The summed E-state index contributed by atoms with van der Waals surface area (Å²) in [5.74, 6) is 0.721. The first-order valence-corrected chi connectivity index (χ1v) is 4.40. The minimum atomic E-state index is 0.268. The summed E-state index contributed by atoms with van der Waals surface area (Å²) in [7, 11) is 0.